The van der Waals surface area contributed by atoms with Gasteiger partial charge in [0.25, 0.3) is 0 Å². The number of benzene rings is 2. The van der Waals surface area contributed by atoms with Crippen molar-refractivity contribution in [3.8, 4) is 5.75 Å². The second-order valence-electron chi connectivity index (χ2n) is 9.75. The number of hydrogen-bond acceptors (Lipinski definition) is 5. The number of allylic oxidation sites excluding steroid dienone is 2. The van der Waals surface area contributed by atoms with Gasteiger partial charge in [-0.25, -0.2) is 0 Å². The number of carbonyl (C=O) groups excluding carboxylic acids is 2. The number of aromatic amines is 1. The molecule has 1 saturated heterocycles. The number of likely N-dealkylation sites (tertiary alicyclic amines) is 1. The van der Waals surface area contributed by atoms with E-state index in [0.717, 1.165) is 66.2 Å². The molecule has 6 heteroatoms. The molecule has 1 fully saturated rings. The van der Waals surface area contributed by atoms with Crippen LogP contribution in [0.15, 0.2) is 60.8 Å². The van der Waals surface area contributed by atoms with Gasteiger partial charge in [0.1, 0.15) is 12.4 Å². The number of rotatable bonds is 13. The Bertz CT molecular complexity index is 1280. The van der Waals surface area contributed by atoms with Crippen molar-refractivity contribution in [1.82, 2.24) is 9.88 Å². The van der Waals surface area contributed by atoms with Crippen LogP contribution in [0.2, 0.25) is 0 Å². The van der Waals surface area contributed by atoms with Crippen LogP contribution in [0.3, 0.4) is 0 Å². The summed E-state index contributed by atoms with van der Waals surface area (Å²) in [7, 11) is 0. The fraction of sp³-hybridized carbons (Fsp3) is 0.375. The number of carbonyl (C=O) groups is 2. The zero-order valence-corrected chi connectivity index (χ0v) is 22.6. The van der Waals surface area contributed by atoms with Gasteiger partial charge in [0.05, 0.1) is 6.42 Å². The van der Waals surface area contributed by atoms with E-state index in [1.54, 1.807) is 12.2 Å². The summed E-state index contributed by atoms with van der Waals surface area (Å²) in [6, 6.07) is 14.0. The molecule has 3 aromatic rings. The molecule has 0 amide bonds. The summed E-state index contributed by atoms with van der Waals surface area (Å²) in [5.41, 5.74) is 3.87. The van der Waals surface area contributed by atoms with Gasteiger partial charge in [-0.05, 0) is 93.2 Å². The van der Waals surface area contributed by atoms with Crippen molar-refractivity contribution in [2.75, 3.05) is 44.2 Å². The number of fused-ring (bicyclic) bond motifs is 1. The smallest absolute Gasteiger partial charge is 0.163 e. The fourth-order valence-corrected chi connectivity index (χ4v) is 4.87. The van der Waals surface area contributed by atoms with Crippen LogP contribution in [0, 0.1) is 0 Å². The van der Waals surface area contributed by atoms with Crippen molar-refractivity contribution in [3.63, 3.8) is 0 Å². The lowest BCUT2D eigenvalue weighted by Gasteiger charge is -2.26. The summed E-state index contributed by atoms with van der Waals surface area (Å²) in [5, 5.41) is 1.12. The van der Waals surface area contributed by atoms with E-state index in [2.05, 4.69) is 40.8 Å². The van der Waals surface area contributed by atoms with Crippen LogP contribution in [-0.2, 0) is 9.59 Å². The third-order valence-electron chi connectivity index (χ3n) is 7.08. The van der Waals surface area contributed by atoms with Gasteiger partial charge in [0, 0.05) is 48.7 Å². The average Bonchev–Trinajstić information content (AvgIpc) is 3.41. The Kier molecular flexibility index (Phi) is 9.93. The minimum absolute atomic E-state index is 0.166. The SMILES string of the molecule is CCN(CC)c1ccc(C=CC(=O)CC(=O)C=Cc2ccc3cc[nH]c3c2)c(OCCN2CCCCC2)c1. The first-order valence-corrected chi connectivity index (χ1v) is 13.8. The molecule has 2 heterocycles. The number of nitrogens with one attached hydrogen (secondary N) is 1. The van der Waals surface area contributed by atoms with E-state index in [1.807, 2.05) is 36.5 Å². The minimum Gasteiger partial charge on any atom is -0.492 e. The minimum atomic E-state index is -0.230. The van der Waals surface area contributed by atoms with Gasteiger partial charge in [-0.1, -0.05) is 24.6 Å². The molecule has 0 spiro atoms. The number of H-pyrrole nitrogens is 1. The third kappa shape index (κ3) is 7.68. The van der Waals surface area contributed by atoms with Gasteiger partial charge in [0.15, 0.2) is 11.6 Å². The summed E-state index contributed by atoms with van der Waals surface area (Å²) in [5.74, 6) is 0.314. The molecule has 0 aliphatic carbocycles. The highest BCUT2D eigenvalue weighted by Gasteiger charge is 2.12. The number of ether oxygens (including phenoxy) is 1. The lowest BCUT2D eigenvalue weighted by atomic mass is 10.1. The van der Waals surface area contributed by atoms with Crippen molar-refractivity contribution in [2.45, 2.75) is 39.5 Å². The Hall–Kier alpha value is -3.64. The Morgan fingerprint density at radius 3 is 2.47 bits per heavy atom. The highest BCUT2D eigenvalue weighted by atomic mass is 16.5. The Morgan fingerprint density at radius 1 is 0.947 bits per heavy atom. The predicted octanol–water partition coefficient (Wildman–Crippen LogP) is 6.13. The Labute approximate surface area is 226 Å². The molecule has 0 radical (unpaired) electrons. The molecular weight excluding hydrogens is 474 g/mol. The fourth-order valence-electron chi connectivity index (χ4n) is 4.87. The molecule has 0 unspecified atom stereocenters. The maximum atomic E-state index is 12.6. The van der Waals surface area contributed by atoms with E-state index in [0.29, 0.717) is 6.61 Å². The second-order valence-corrected chi connectivity index (χ2v) is 9.75. The number of aromatic nitrogens is 1. The van der Waals surface area contributed by atoms with Crippen LogP contribution in [0.4, 0.5) is 5.69 Å². The number of anilines is 1. The summed E-state index contributed by atoms with van der Waals surface area (Å²) in [4.78, 5) is 32.9. The zero-order chi connectivity index (χ0) is 26.7. The molecular formula is C32H39N3O3. The molecule has 4 rings (SSSR count). The third-order valence-corrected chi connectivity index (χ3v) is 7.08. The Morgan fingerprint density at radius 2 is 1.71 bits per heavy atom. The maximum Gasteiger partial charge on any atom is 0.163 e. The van der Waals surface area contributed by atoms with Gasteiger partial charge >= 0.3 is 0 Å². The van der Waals surface area contributed by atoms with Crippen LogP contribution < -0.4 is 9.64 Å². The van der Waals surface area contributed by atoms with Crippen molar-refractivity contribution < 1.29 is 14.3 Å². The molecule has 1 aromatic heterocycles. The molecule has 200 valence electrons. The molecule has 0 saturated carbocycles. The van der Waals surface area contributed by atoms with E-state index in [9.17, 15) is 9.59 Å². The monoisotopic (exact) mass is 513 g/mol. The van der Waals surface area contributed by atoms with Gasteiger partial charge < -0.3 is 14.6 Å². The molecule has 0 bridgehead atoms. The molecule has 6 nitrogen and oxygen atoms in total. The van der Waals surface area contributed by atoms with Crippen molar-refractivity contribution in [1.29, 1.82) is 0 Å². The first-order chi connectivity index (χ1) is 18.6. The van der Waals surface area contributed by atoms with Gasteiger partial charge in [-0.15, -0.1) is 0 Å². The van der Waals surface area contributed by atoms with Crippen LogP contribution in [0.1, 0.15) is 50.7 Å². The number of piperidine rings is 1. The molecule has 38 heavy (non-hydrogen) atoms. The van der Waals surface area contributed by atoms with E-state index in [4.69, 9.17) is 4.74 Å². The van der Waals surface area contributed by atoms with E-state index in [1.165, 1.54) is 31.4 Å². The molecule has 1 N–H and O–H groups in total. The van der Waals surface area contributed by atoms with Gasteiger partial charge in [0.2, 0.25) is 0 Å². The highest BCUT2D eigenvalue weighted by Crippen LogP contribution is 2.27. The summed E-state index contributed by atoms with van der Waals surface area (Å²) < 4.78 is 6.23. The average molecular weight is 514 g/mol. The van der Waals surface area contributed by atoms with Crippen LogP contribution in [0.25, 0.3) is 23.1 Å². The van der Waals surface area contributed by atoms with Crippen LogP contribution >= 0.6 is 0 Å². The quantitative estimate of drug-likeness (QED) is 0.220. The lowest BCUT2D eigenvalue weighted by molar-refractivity contribution is -0.121. The zero-order valence-electron chi connectivity index (χ0n) is 22.6. The largest absolute Gasteiger partial charge is 0.492 e. The van der Waals surface area contributed by atoms with E-state index in [-0.39, 0.29) is 18.0 Å². The van der Waals surface area contributed by atoms with Gasteiger partial charge in [-0.2, -0.15) is 0 Å². The molecule has 2 aromatic carbocycles. The predicted molar refractivity (Wildman–Crippen MR) is 157 cm³/mol. The molecule has 1 aliphatic rings. The number of nitrogens with zero attached hydrogens (tertiary/aromatic N) is 2. The lowest BCUT2D eigenvalue weighted by Crippen LogP contribution is -2.33. The van der Waals surface area contributed by atoms with E-state index >= 15 is 0 Å². The maximum absolute atomic E-state index is 12.6. The topological polar surface area (TPSA) is 65.6 Å². The number of ketones is 2. The first kappa shape index (κ1) is 27.4. The van der Waals surface area contributed by atoms with E-state index < -0.39 is 0 Å². The van der Waals surface area contributed by atoms with Gasteiger partial charge in [-0.3, -0.25) is 14.5 Å². The standard InChI is InChI=1S/C32H39N3O3/c1-3-35(4-2)28-13-11-27(32(23-28)38-21-20-34-18-6-5-7-19-34)12-15-30(37)24-29(36)14-9-25-8-10-26-16-17-33-31(26)22-25/h8-17,22-23,33H,3-7,18-21,24H2,1-2H3. The normalized spacial score (nSPS) is 14.5. The van der Waals surface area contributed by atoms with Crippen LogP contribution in [-0.4, -0.2) is 60.8 Å². The van der Waals surface area contributed by atoms with Crippen molar-refractivity contribution in [2.24, 2.45) is 0 Å². The summed E-state index contributed by atoms with van der Waals surface area (Å²) in [6.07, 6.45) is 12.0. The van der Waals surface area contributed by atoms with Crippen molar-refractivity contribution >= 4 is 40.3 Å². The summed E-state index contributed by atoms with van der Waals surface area (Å²) >= 11 is 0. The first-order valence-electron chi connectivity index (χ1n) is 13.8. The number of hydrogen-bond donors (Lipinski definition) is 1. The second kappa shape index (κ2) is 13.8. The highest BCUT2D eigenvalue weighted by molar-refractivity contribution is 6.11. The van der Waals surface area contributed by atoms with Crippen molar-refractivity contribution in [3.05, 3.63) is 71.9 Å². The summed E-state index contributed by atoms with van der Waals surface area (Å²) in [6.45, 7) is 9.86. The molecule has 0 atom stereocenters. The molecule has 1 aliphatic heterocycles. The van der Waals surface area contributed by atoms with Crippen LogP contribution in [0.5, 0.6) is 5.75 Å². The Balaban J connectivity index is 1.38.